The van der Waals surface area contributed by atoms with E-state index in [0.29, 0.717) is 5.54 Å². The molecule has 0 amide bonds. The van der Waals surface area contributed by atoms with Gasteiger partial charge in [0.25, 0.3) is 0 Å². The van der Waals surface area contributed by atoms with Crippen molar-refractivity contribution < 1.29 is 10.1 Å². The zero-order valence-electron chi connectivity index (χ0n) is 14.6. The highest BCUT2D eigenvalue weighted by atomic mass is 16.5. The zero-order valence-corrected chi connectivity index (χ0v) is 14.6. The first-order valence-corrected chi connectivity index (χ1v) is 9.64. The molecule has 2 aromatic rings. The highest BCUT2D eigenvalue weighted by Crippen LogP contribution is 2.54. The van der Waals surface area contributed by atoms with Gasteiger partial charge in [0.15, 0.2) is 0 Å². The molecule has 0 radical (unpaired) electrons. The van der Waals surface area contributed by atoms with E-state index in [1.807, 2.05) is 0 Å². The van der Waals surface area contributed by atoms with Gasteiger partial charge in [-0.25, -0.2) is 0 Å². The molecular formula is C22H28NO+. The summed E-state index contributed by atoms with van der Waals surface area (Å²) >= 11 is 0. The molecule has 0 aromatic heterocycles. The van der Waals surface area contributed by atoms with Gasteiger partial charge in [0, 0.05) is 30.2 Å². The normalized spacial score (nSPS) is 34.0. The third-order valence-electron chi connectivity index (χ3n) is 7.03. The van der Waals surface area contributed by atoms with Gasteiger partial charge in [-0.1, -0.05) is 24.3 Å². The van der Waals surface area contributed by atoms with Crippen molar-refractivity contribution in [3.05, 3.63) is 42.0 Å². The molecule has 2 nitrogen and oxygen atoms in total. The van der Waals surface area contributed by atoms with Crippen LogP contribution in [-0.4, -0.2) is 12.6 Å². The number of benzene rings is 2. The summed E-state index contributed by atoms with van der Waals surface area (Å²) in [5.41, 5.74) is 2.01. The molecule has 0 aliphatic heterocycles. The van der Waals surface area contributed by atoms with Crippen molar-refractivity contribution >= 4 is 10.8 Å². The molecule has 0 heterocycles. The molecule has 4 fully saturated rings. The Hall–Kier alpha value is -1.54. The topological polar surface area (TPSA) is 25.8 Å². The molecule has 126 valence electrons. The van der Waals surface area contributed by atoms with Gasteiger partial charge in [-0.05, 0) is 54.5 Å². The number of rotatable bonds is 4. The first-order valence-electron chi connectivity index (χ1n) is 9.64. The summed E-state index contributed by atoms with van der Waals surface area (Å²) in [7, 11) is 1.77. The molecule has 0 spiro atoms. The molecule has 24 heavy (non-hydrogen) atoms. The van der Waals surface area contributed by atoms with Crippen LogP contribution in [0.1, 0.15) is 44.1 Å². The molecule has 0 saturated heterocycles. The number of fused-ring (bicyclic) bond motifs is 1. The van der Waals surface area contributed by atoms with Gasteiger partial charge in [0.2, 0.25) is 0 Å². The number of methoxy groups -OCH3 is 1. The van der Waals surface area contributed by atoms with Crippen LogP contribution in [0.2, 0.25) is 0 Å². The summed E-state index contributed by atoms with van der Waals surface area (Å²) in [5.74, 6) is 4.07. The third kappa shape index (κ3) is 2.35. The van der Waals surface area contributed by atoms with E-state index >= 15 is 0 Å². The first kappa shape index (κ1) is 14.8. The van der Waals surface area contributed by atoms with Gasteiger partial charge in [0.1, 0.15) is 12.3 Å². The Morgan fingerprint density at radius 3 is 2.17 bits per heavy atom. The highest BCUT2D eigenvalue weighted by Gasteiger charge is 2.53. The standard InChI is InChI=1S/C22H27NO/c1-24-21-7-6-18(19-4-2-3-5-20(19)21)14-23-22-11-15-8-16(12-22)10-17(9-15)13-22/h2-7,15-17,23H,8-14H2,1H3/p+1. The SMILES string of the molecule is COc1ccc(C[NH2+]C23CC4CC(CC(C4)C2)C3)c2ccccc12. The molecule has 2 heteroatoms. The molecule has 4 saturated carbocycles. The predicted octanol–water partition coefficient (Wildman–Crippen LogP) is 3.88. The lowest BCUT2D eigenvalue weighted by Gasteiger charge is -2.54. The van der Waals surface area contributed by atoms with Crippen LogP contribution in [0.15, 0.2) is 36.4 Å². The van der Waals surface area contributed by atoms with Crippen molar-refractivity contribution in [2.75, 3.05) is 7.11 Å². The predicted molar refractivity (Wildman–Crippen MR) is 97.0 cm³/mol. The number of quaternary nitrogens is 1. The minimum Gasteiger partial charge on any atom is -0.496 e. The average Bonchev–Trinajstić information content (AvgIpc) is 2.58. The van der Waals surface area contributed by atoms with Crippen molar-refractivity contribution in [1.29, 1.82) is 0 Å². The van der Waals surface area contributed by atoms with E-state index in [0.717, 1.165) is 30.0 Å². The monoisotopic (exact) mass is 322 g/mol. The molecule has 0 unspecified atom stereocenters. The summed E-state index contributed by atoms with van der Waals surface area (Å²) in [6.07, 6.45) is 8.98. The summed E-state index contributed by atoms with van der Waals surface area (Å²) < 4.78 is 5.55. The number of nitrogens with two attached hydrogens (primary N) is 1. The number of hydrogen-bond donors (Lipinski definition) is 1. The number of hydrogen-bond acceptors (Lipinski definition) is 1. The van der Waals surface area contributed by atoms with Gasteiger partial charge in [-0.15, -0.1) is 0 Å². The van der Waals surface area contributed by atoms with Crippen LogP contribution in [0.25, 0.3) is 10.8 Å². The summed E-state index contributed by atoms with van der Waals surface area (Å²) in [4.78, 5) is 0. The van der Waals surface area contributed by atoms with E-state index < -0.39 is 0 Å². The second-order valence-electron chi connectivity index (χ2n) is 8.66. The summed E-state index contributed by atoms with van der Waals surface area (Å²) in [6.45, 7) is 1.11. The van der Waals surface area contributed by atoms with Crippen LogP contribution >= 0.6 is 0 Å². The largest absolute Gasteiger partial charge is 0.496 e. The quantitative estimate of drug-likeness (QED) is 0.908. The fourth-order valence-corrected chi connectivity index (χ4v) is 6.44. The Morgan fingerprint density at radius 2 is 1.54 bits per heavy atom. The Kier molecular flexibility index (Phi) is 3.38. The van der Waals surface area contributed by atoms with E-state index in [1.165, 1.54) is 54.9 Å². The number of ether oxygens (including phenoxy) is 1. The molecular weight excluding hydrogens is 294 g/mol. The molecule has 2 aromatic carbocycles. The van der Waals surface area contributed by atoms with Crippen molar-refractivity contribution in [3.8, 4) is 5.75 Å². The van der Waals surface area contributed by atoms with Gasteiger partial charge in [-0.3, -0.25) is 0 Å². The minimum atomic E-state index is 0.551. The fraction of sp³-hybridized carbons (Fsp3) is 0.545. The first-order chi connectivity index (χ1) is 11.7. The molecule has 4 aliphatic rings. The van der Waals surface area contributed by atoms with E-state index in [9.17, 15) is 0 Å². The fourth-order valence-electron chi connectivity index (χ4n) is 6.44. The Morgan fingerprint density at radius 1 is 0.917 bits per heavy atom. The van der Waals surface area contributed by atoms with Crippen molar-refractivity contribution in [2.24, 2.45) is 17.8 Å². The average molecular weight is 322 g/mol. The van der Waals surface area contributed by atoms with Gasteiger partial charge in [-0.2, -0.15) is 0 Å². The van der Waals surface area contributed by atoms with Crippen LogP contribution in [0.3, 0.4) is 0 Å². The Balaban J connectivity index is 1.42. The summed E-state index contributed by atoms with van der Waals surface area (Å²) in [6, 6.07) is 13.1. The third-order valence-corrected chi connectivity index (χ3v) is 7.03. The van der Waals surface area contributed by atoms with Gasteiger partial charge < -0.3 is 10.1 Å². The second kappa shape index (κ2) is 5.49. The maximum absolute atomic E-state index is 5.55. The lowest BCUT2D eigenvalue weighted by atomic mass is 9.53. The van der Waals surface area contributed by atoms with Crippen molar-refractivity contribution in [1.82, 2.24) is 0 Å². The van der Waals surface area contributed by atoms with E-state index in [1.54, 1.807) is 7.11 Å². The second-order valence-corrected chi connectivity index (χ2v) is 8.66. The van der Waals surface area contributed by atoms with E-state index in [-0.39, 0.29) is 0 Å². The molecule has 6 rings (SSSR count). The maximum Gasteiger partial charge on any atom is 0.126 e. The van der Waals surface area contributed by atoms with Crippen LogP contribution < -0.4 is 10.1 Å². The van der Waals surface area contributed by atoms with Crippen LogP contribution in [0, 0.1) is 17.8 Å². The lowest BCUT2D eigenvalue weighted by molar-refractivity contribution is -0.752. The molecule has 4 bridgehead atoms. The minimum absolute atomic E-state index is 0.551. The van der Waals surface area contributed by atoms with E-state index in [4.69, 9.17) is 4.74 Å². The molecule has 0 atom stereocenters. The van der Waals surface area contributed by atoms with Crippen LogP contribution in [0.5, 0.6) is 5.75 Å². The zero-order chi connectivity index (χ0) is 16.1. The van der Waals surface area contributed by atoms with Crippen LogP contribution in [0.4, 0.5) is 0 Å². The Labute approximate surface area is 144 Å². The molecule has 2 N–H and O–H groups in total. The maximum atomic E-state index is 5.55. The van der Waals surface area contributed by atoms with Gasteiger partial charge in [0.05, 0.1) is 12.6 Å². The van der Waals surface area contributed by atoms with Crippen molar-refractivity contribution in [2.45, 2.75) is 50.6 Å². The lowest BCUT2D eigenvalue weighted by Crippen LogP contribution is -2.97. The van der Waals surface area contributed by atoms with Crippen molar-refractivity contribution in [3.63, 3.8) is 0 Å². The summed E-state index contributed by atoms with van der Waals surface area (Å²) in [5, 5.41) is 5.32. The highest BCUT2D eigenvalue weighted by molar-refractivity contribution is 5.90. The smallest absolute Gasteiger partial charge is 0.126 e. The van der Waals surface area contributed by atoms with Crippen LogP contribution in [-0.2, 0) is 6.54 Å². The van der Waals surface area contributed by atoms with Gasteiger partial charge >= 0.3 is 0 Å². The Bertz CT molecular complexity index is 730. The van der Waals surface area contributed by atoms with E-state index in [2.05, 4.69) is 41.7 Å². The molecule has 4 aliphatic carbocycles.